The molecule has 5 rings (SSSR count). The molecule has 1 aromatic rings. The summed E-state index contributed by atoms with van der Waals surface area (Å²) in [6, 6.07) is 11.2. The van der Waals surface area contributed by atoms with Gasteiger partial charge in [-0.2, -0.15) is 5.26 Å². The molecule has 0 atom stereocenters. The Labute approximate surface area is 121 Å². The molecule has 0 amide bonds. The minimum Gasteiger partial charge on any atom is -0.367 e. The van der Waals surface area contributed by atoms with Gasteiger partial charge in [0.05, 0.1) is 6.07 Å². The van der Waals surface area contributed by atoms with Crippen molar-refractivity contribution in [3.05, 3.63) is 29.8 Å². The summed E-state index contributed by atoms with van der Waals surface area (Å²) in [7, 11) is 0. The second kappa shape index (κ2) is 4.25. The van der Waals surface area contributed by atoms with Gasteiger partial charge >= 0.3 is 0 Å². The molecule has 4 fully saturated rings. The molecule has 20 heavy (non-hydrogen) atoms. The fourth-order valence-corrected chi connectivity index (χ4v) is 5.30. The van der Waals surface area contributed by atoms with E-state index in [0.717, 1.165) is 17.5 Å². The molecular formula is C18H22N2. The van der Waals surface area contributed by atoms with E-state index in [9.17, 15) is 5.26 Å². The van der Waals surface area contributed by atoms with Crippen LogP contribution in [-0.2, 0) is 0 Å². The van der Waals surface area contributed by atoms with E-state index in [1.807, 2.05) is 0 Å². The Balaban J connectivity index is 1.68. The van der Waals surface area contributed by atoms with Gasteiger partial charge in [-0.25, -0.2) is 0 Å². The standard InChI is InChI=1S/C18H22N2/c1-12-3-2-4-17(5-12)20-18(11-19)15-7-13-6-14(9-15)10-16(18)8-13/h2-5,13-16,20H,6-10H2,1H3. The first-order valence-corrected chi connectivity index (χ1v) is 7.95. The summed E-state index contributed by atoms with van der Waals surface area (Å²) >= 11 is 0. The molecular weight excluding hydrogens is 244 g/mol. The summed E-state index contributed by atoms with van der Waals surface area (Å²) < 4.78 is 0. The zero-order valence-corrected chi connectivity index (χ0v) is 12.1. The molecule has 0 unspecified atom stereocenters. The second-order valence-corrected chi connectivity index (χ2v) is 7.28. The third-order valence-electron chi connectivity index (χ3n) is 5.98. The molecule has 4 saturated carbocycles. The highest BCUT2D eigenvalue weighted by molar-refractivity contribution is 5.51. The van der Waals surface area contributed by atoms with Crippen LogP contribution < -0.4 is 5.32 Å². The lowest BCUT2D eigenvalue weighted by Gasteiger charge is -2.58. The van der Waals surface area contributed by atoms with Crippen molar-refractivity contribution in [2.75, 3.05) is 5.32 Å². The van der Waals surface area contributed by atoms with Crippen molar-refractivity contribution in [2.45, 2.75) is 44.6 Å². The number of benzene rings is 1. The molecule has 0 aliphatic heterocycles. The number of nitrogens with zero attached hydrogens (tertiary/aromatic N) is 1. The first-order chi connectivity index (χ1) is 9.69. The van der Waals surface area contributed by atoms with Gasteiger partial charge in [0, 0.05) is 5.69 Å². The van der Waals surface area contributed by atoms with Gasteiger partial charge in [0.15, 0.2) is 0 Å². The smallest absolute Gasteiger partial charge is 0.131 e. The van der Waals surface area contributed by atoms with Gasteiger partial charge in [-0.15, -0.1) is 0 Å². The first-order valence-electron chi connectivity index (χ1n) is 7.95. The van der Waals surface area contributed by atoms with Crippen LogP contribution in [0.3, 0.4) is 0 Å². The molecule has 104 valence electrons. The van der Waals surface area contributed by atoms with Crippen LogP contribution in [0, 0.1) is 41.9 Å². The summed E-state index contributed by atoms with van der Waals surface area (Å²) in [5.41, 5.74) is 2.08. The van der Waals surface area contributed by atoms with Crippen molar-refractivity contribution in [1.29, 1.82) is 5.26 Å². The Bertz CT molecular complexity index is 541. The maximum absolute atomic E-state index is 9.97. The average Bonchev–Trinajstić information content (AvgIpc) is 2.42. The molecule has 4 aliphatic carbocycles. The third kappa shape index (κ3) is 1.69. The molecule has 1 N–H and O–H groups in total. The van der Waals surface area contributed by atoms with Crippen LogP contribution >= 0.6 is 0 Å². The monoisotopic (exact) mass is 266 g/mol. The predicted molar refractivity (Wildman–Crippen MR) is 80.2 cm³/mol. The fraction of sp³-hybridized carbons (Fsp3) is 0.611. The average molecular weight is 266 g/mol. The highest BCUT2D eigenvalue weighted by atomic mass is 15.0. The molecule has 2 nitrogen and oxygen atoms in total. The van der Waals surface area contributed by atoms with Crippen LogP contribution in [0.2, 0.25) is 0 Å². The van der Waals surface area contributed by atoms with Crippen molar-refractivity contribution < 1.29 is 0 Å². The van der Waals surface area contributed by atoms with E-state index in [0.29, 0.717) is 11.8 Å². The summed E-state index contributed by atoms with van der Waals surface area (Å²) in [6.07, 6.45) is 6.48. The zero-order chi connectivity index (χ0) is 13.7. The number of nitriles is 1. The van der Waals surface area contributed by atoms with E-state index in [-0.39, 0.29) is 5.54 Å². The van der Waals surface area contributed by atoms with Gasteiger partial charge in [-0.05, 0) is 80.4 Å². The van der Waals surface area contributed by atoms with E-state index in [4.69, 9.17) is 0 Å². The summed E-state index contributed by atoms with van der Waals surface area (Å²) in [5.74, 6) is 2.92. The Morgan fingerprint density at radius 3 is 2.30 bits per heavy atom. The Hall–Kier alpha value is -1.49. The Morgan fingerprint density at radius 2 is 1.75 bits per heavy atom. The molecule has 1 aromatic carbocycles. The van der Waals surface area contributed by atoms with Crippen molar-refractivity contribution in [3.63, 3.8) is 0 Å². The molecule has 0 aromatic heterocycles. The van der Waals surface area contributed by atoms with E-state index in [1.165, 1.54) is 37.7 Å². The van der Waals surface area contributed by atoms with Crippen LogP contribution in [0.1, 0.15) is 37.7 Å². The van der Waals surface area contributed by atoms with Crippen LogP contribution in [0.5, 0.6) is 0 Å². The zero-order valence-electron chi connectivity index (χ0n) is 12.1. The third-order valence-corrected chi connectivity index (χ3v) is 5.98. The van der Waals surface area contributed by atoms with Crippen molar-refractivity contribution in [3.8, 4) is 6.07 Å². The number of hydrogen-bond donors (Lipinski definition) is 1. The van der Waals surface area contributed by atoms with Crippen LogP contribution in [0.4, 0.5) is 5.69 Å². The maximum Gasteiger partial charge on any atom is 0.131 e. The van der Waals surface area contributed by atoms with Crippen molar-refractivity contribution >= 4 is 5.69 Å². The second-order valence-electron chi connectivity index (χ2n) is 7.28. The molecule has 0 spiro atoms. The van der Waals surface area contributed by atoms with Gasteiger partial charge in [-0.1, -0.05) is 12.1 Å². The minimum absolute atomic E-state index is 0.304. The van der Waals surface area contributed by atoms with Crippen LogP contribution in [-0.4, -0.2) is 5.54 Å². The highest BCUT2D eigenvalue weighted by Gasteiger charge is 2.57. The van der Waals surface area contributed by atoms with Gasteiger partial charge in [-0.3, -0.25) is 0 Å². The number of aryl methyl sites for hydroxylation is 1. The highest BCUT2D eigenvalue weighted by Crippen LogP contribution is 2.58. The van der Waals surface area contributed by atoms with Crippen LogP contribution in [0.15, 0.2) is 24.3 Å². The number of nitrogens with one attached hydrogen (secondary N) is 1. The van der Waals surface area contributed by atoms with Gasteiger partial charge in [0.1, 0.15) is 5.54 Å². The predicted octanol–water partition coefficient (Wildman–Crippen LogP) is 4.13. The van der Waals surface area contributed by atoms with Gasteiger partial charge < -0.3 is 5.32 Å². The number of hydrogen-bond acceptors (Lipinski definition) is 2. The molecule has 0 heterocycles. The minimum atomic E-state index is -0.304. The Morgan fingerprint density at radius 1 is 1.10 bits per heavy atom. The molecule has 4 bridgehead atoms. The lowest BCUT2D eigenvalue weighted by atomic mass is 9.49. The number of anilines is 1. The van der Waals surface area contributed by atoms with E-state index >= 15 is 0 Å². The lowest BCUT2D eigenvalue weighted by molar-refractivity contribution is -0.0206. The summed E-state index contributed by atoms with van der Waals surface area (Å²) in [5, 5.41) is 13.6. The van der Waals surface area contributed by atoms with Gasteiger partial charge in [0.2, 0.25) is 0 Å². The normalized spacial score (nSPS) is 41.4. The lowest BCUT2D eigenvalue weighted by Crippen LogP contribution is -2.61. The molecule has 0 saturated heterocycles. The van der Waals surface area contributed by atoms with Crippen molar-refractivity contribution in [2.24, 2.45) is 23.7 Å². The van der Waals surface area contributed by atoms with E-state index in [1.54, 1.807) is 0 Å². The number of rotatable bonds is 2. The SMILES string of the molecule is Cc1cccc(NC2(C#N)C3CC4CC(C3)CC2C4)c1. The molecule has 2 heteroatoms. The quantitative estimate of drug-likeness (QED) is 0.873. The maximum atomic E-state index is 9.97. The molecule has 4 aliphatic rings. The topological polar surface area (TPSA) is 35.8 Å². The van der Waals surface area contributed by atoms with Crippen molar-refractivity contribution in [1.82, 2.24) is 0 Å². The Kier molecular flexibility index (Phi) is 2.61. The fourth-order valence-electron chi connectivity index (χ4n) is 5.30. The van der Waals surface area contributed by atoms with E-state index < -0.39 is 0 Å². The van der Waals surface area contributed by atoms with E-state index in [2.05, 4.69) is 42.6 Å². The van der Waals surface area contributed by atoms with Gasteiger partial charge in [0.25, 0.3) is 0 Å². The molecule has 0 radical (unpaired) electrons. The first kappa shape index (κ1) is 12.3. The summed E-state index contributed by atoms with van der Waals surface area (Å²) in [6.45, 7) is 2.11. The largest absolute Gasteiger partial charge is 0.367 e. The van der Waals surface area contributed by atoms with Crippen LogP contribution in [0.25, 0.3) is 0 Å². The summed E-state index contributed by atoms with van der Waals surface area (Å²) in [4.78, 5) is 0.